The number of hydrogen-bond donors (Lipinski definition) is 1. The van der Waals surface area contributed by atoms with Crippen LogP contribution < -0.4 is 5.73 Å². The maximum absolute atomic E-state index is 5.71. The highest BCUT2D eigenvalue weighted by molar-refractivity contribution is 5.81. The van der Waals surface area contributed by atoms with Gasteiger partial charge in [0, 0.05) is 25.0 Å². The van der Waals surface area contributed by atoms with Crippen LogP contribution in [0.1, 0.15) is 24.4 Å². The van der Waals surface area contributed by atoms with Gasteiger partial charge >= 0.3 is 0 Å². The molecule has 1 aliphatic rings. The van der Waals surface area contributed by atoms with Gasteiger partial charge in [-0.25, -0.2) is 15.0 Å². The smallest absolute Gasteiger partial charge is 0.144 e. The van der Waals surface area contributed by atoms with Gasteiger partial charge in [-0.15, -0.1) is 0 Å². The van der Waals surface area contributed by atoms with E-state index in [1.54, 1.807) is 6.33 Å². The quantitative estimate of drug-likeness (QED) is 0.788. The standard InChI is InChI=1S/C15H15N5/c16-6-10-1-4-14-13(5-10)19-15(20(14)12-2-3-12)11-7-17-9-18-8-11/h1,4-5,7-9,12H,2-3,6,16H2. The molecule has 0 atom stereocenters. The van der Waals surface area contributed by atoms with Crippen LogP contribution in [0.2, 0.25) is 0 Å². The molecule has 0 bridgehead atoms. The molecule has 1 aromatic carbocycles. The molecule has 2 aromatic heterocycles. The van der Waals surface area contributed by atoms with E-state index in [1.807, 2.05) is 12.4 Å². The number of nitrogens with two attached hydrogens (primary N) is 1. The summed E-state index contributed by atoms with van der Waals surface area (Å²) in [6, 6.07) is 6.82. The van der Waals surface area contributed by atoms with Gasteiger partial charge in [0.25, 0.3) is 0 Å². The fraction of sp³-hybridized carbons (Fsp3) is 0.267. The van der Waals surface area contributed by atoms with E-state index in [9.17, 15) is 0 Å². The van der Waals surface area contributed by atoms with Crippen molar-refractivity contribution >= 4 is 11.0 Å². The van der Waals surface area contributed by atoms with Crippen LogP contribution in [0.15, 0.2) is 36.9 Å². The van der Waals surface area contributed by atoms with E-state index in [0.717, 1.165) is 22.5 Å². The van der Waals surface area contributed by atoms with Crippen molar-refractivity contribution in [3.63, 3.8) is 0 Å². The van der Waals surface area contributed by atoms with Crippen molar-refractivity contribution in [3.8, 4) is 11.4 Å². The van der Waals surface area contributed by atoms with Gasteiger partial charge in [0.2, 0.25) is 0 Å². The van der Waals surface area contributed by atoms with Gasteiger partial charge in [0.15, 0.2) is 0 Å². The van der Waals surface area contributed by atoms with Crippen LogP contribution in [0.25, 0.3) is 22.4 Å². The van der Waals surface area contributed by atoms with Crippen LogP contribution >= 0.6 is 0 Å². The van der Waals surface area contributed by atoms with Gasteiger partial charge in [0.05, 0.1) is 16.6 Å². The second-order valence-electron chi connectivity index (χ2n) is 5.19. The van der Waals surface area contributed by atoms with Crippen molar-refractivity contribution in [2.24, 2.45) is 5.73 Å². The van der Waals surface area contributed by atoms with Crippen molar-refractivity contribution in [1.82, 2.24) is 19.5 Å². The molecule has 0 radical (unpaired) electrons. The van der Waals surface area contributed by atoms with Crippen molar-refractivity contribution < 1.29 is 0 Å². The predicted molar refractivity (Wildman–Crippen MR) is 76.9 cm³/mol. The second-order valence-corrected chi connectivity index (χ2v) is 5.19. The first kappa shape index (κ1) is 11.5. The van der Waals surface area contributed by atoms with Gasteiger partial charge in [0.1, 0.15) is 12.2 Å². The van der Waals surface area contributed by atoms with Gasteiger partial charge in [-0.2, -0.15) is 0 Å². The van der Waals surface area contributed by atoms with Gasteiger partial charge < -0.3 is 10.3 Å². The Morgan fingerprint density at radius 1 is 1.20 bits per heavy atom. The molecule has 0 aliphatic heterocycles. The van der Waals surface area contributed by atoms with Crippen molar-refractivity contribution in [3.05, 3.63) is 42.5 Å². The highest BCUT2D eigenvalue weighted by atomic mass is 15.1. The lowest BCUT2D eigenvalue weighted by Crippen LogP contribution is -1.98. The molecule has 0 amide bonds. The van der Waals surface area contributed by atoms with Crippen molar-refractivity contribution in [2.45, 2.75) is 25.4 Å². The first-order valence-electron chi connectivity index (χ1n) is 6.83. The van der Waals surface area contributed by atoms with Gasteiger partial charge in [-0.05, 0) is 30.5 Å². The van der Waals surface area contributed by atoms with E-state index in [4.69, 9.17) is 10.7 Å². The fourth-order valence-electron chi connectivity index (χ4n) is 2.59. The molecule has 3 aromatic rings. The molecule has 100 valence electrons. The summed E-state index contributed by atoms with van der Waals surface area (Å²) < 4.78 is 2.31. The maximum atomic E-state index is 5.71. The minimum atomic E-state index is 0.538. The molecule has 0 saturated heterocycles. The van der Waals surface area contributed by atoms with Crippen LogP contribution in [0.3, 0.4) is 0 Å². The molecule has 1 aliphatic carbocycles. The summed E-state index contributed by atoms with van der Waals surface area (Å²) in [7, 11) is 0. The van der Waals surface area contributed by atoms with Crippen LogP contribution in [-0.4, -0.2) is 19.5 Å². The van der Waals surface area contributed by atoms with Crippen molar-refractivity contribution in [2.75, 3.05) is 0 Å². The van der Waals surface area contributed by atoms with Crippen LogP contribution in [0.5, 0.6) is 0 Å². The Hall–Kier alpha value is -2.27. The Bertz CT molecular complexity index is 759. The summed E-state index contributed by atoms with van der Waals surface area (Å²) in [6.45, 7) is 0.538. The van der Waals surface area contributed by atoms with Crippen LogP contribution in [-0.2, 0) is 6.54 Å². The molecule has 2 heterocycles. The summed E-state index contributed by atoms with van der Waals surface area (Å²) >= 11 is 0. The minimum Gasteiger partial charge on any atom is -0.326 e. The Balaban J connectivity index is 1.97. The normalized spacial score (nSPS) is 14.8. The number of hydrogen-bond acceptors (Lipinski definition) is 4. The SMILES string of the molecule is NCc1ccc2c(c1)nc(-c1cncnc1)n2C1CC1. The zero-order valence-electron chi connectivity index (χ0n) is 11.0. The van der Waals surface area contributed by atoms with E-state index in [-0.39, 0.29) is 0 Å². The molecule has 1 fully saturated rings. The monoisotopic (exact) mass is 265 g/mol. The van der Waals surface area contributed by atoms with Gasteiger partial charge in [-0.1, -0.05) is 6.07 Å². The zero-order valence-corrected chi connectivity index (χ0v) is 11.0. The van der Waals surface area contributed by atoms with E-state index >= 15 is 0 Å². The largest absolute Gasteiger partial charge is 0.326 e. The lowest BCUT2D eigenvalue weighted by Gasteiger charge is -2.07. The van der Waals surface area contributed by atoms with E-state index < -0.39 is 0 Å². The van der Waals surface area contributed by atoms with Crippen molar-refractivity contribution in [1.29, 1.82) is 0 Å². The first-order valence-corrected chi connectivity index (χ1v) is 6.83. The fourth-order valence-corrected chi connectivity index (χ4v) is 2.59. The number of benzene rings is 1. The Labute approximate surface area is 116 Å². The zero-order chi connectivity index (χ0) is 13.5. The molecule has 5 heteroatoms. The summed E-state index contributed by atoms with van der Waals surface area (Å²) in [5.74, 6) is 0.956. The number of fused-ring (bicyclic) bond motifs is 1. The second kappa shape index (κ2) is 4.38. The lowest BCUT2D eigenvalue weighted by atomic mass is 10.2. The van der Waals surface area contributed by atoms with Crippen LogP contribution in [0, 0.1) is 0 Å². The molecule has 2 N–H and O–H groups in total. The maximum Gasteiger partial charge on any atom is 0.144 e. The molecule has 5 nitrogen and oxygen atoms in total. The van der Waals surface area contributed by atoms with Crippen LogP contribution in [0.4, 0.5) is 0 Å². The van der Waals surface area contributed by atoms with E-state index in [0.29, 0.717) is 12.6 Å². The molecule has 4 rings (SSSR count). The number of imidazole rings is 1. The van der Waals surface area contributed by atoms with E-state index in [1.165, 1.54) is 18.4 Å². The Morgan fingerprint density at radius 2 is 2.00 bits per heavy atom. The number of rotatable bonds is 3. The average molecular weight is 265 g/mol. The minimum absolute atomic E-state index is 0.538. The Kier molecular flexibility index (Phi) is 2.53. The highest BCUT2D eigenvalue weighted by Gasteiger charge is 2.28. The third kappa shape index (κ3) is 1.78. The Morgan fingerprint density at radius 3 is 2.70 bits per heavy atom. The molecule has 0 spiro atoms. The lowest BCUT2D eigenvalue weighted by molar-refractivity contribution is 0.774. The molecule has 0 unspecified atom stereocenters. The topological polar surface area (TPSA) is 69.6 Å². The van der Waals surface area contributed by atoms with E-state index in [2.05, 4.69) is 32.7 Å². The summed E-state index contributed by atoms with van der Waals surface area (Å²) in [5.41, 5.74) is 9.95. The van der Waals surface area contributed by atoms with Gasteiger partial charge in [-0.3, -0.25) is 0 Å². The molecule has 20 heavy (non-hydrogen) atoms. The number of nitrogens with zero attached hydrogens (tertiary/aromatic N) is 4. The summed E-state index contributed by atoms with van der Waals surface area (Å²) in [6.07, 6.45) is 7.60. The third-order valence-corrected chi connectivity index (χ3v) is 3.72. The molecule has 1 saturated carbocycles. The summed E-state index contributed by atoms with van der Waals surface area (Å²) in [5, 5.41) is 0. The first-order chi connectivity index (χ1) is 9.86. The number of aromatic nitrogens is 4. The predicted octanol–water partition coefficient (Wildman–Crippen LogP) is 2.29. The molecular weight excluding hydrogens is 250 g/mol. The third-order valence-electron chi connectivity index (χ3n) is 3.72. The summed E-state index contributed by atoms with van der Waals surface area (Å²) in [4.78, 5) is 13.0. The average Bonchev–Trinajstić information content (AvgIpc) is 3.27. The molecular formula is C15H15N5. The highest BCUT2D eigenvalue weighted by Crippen LogP contribution is 2.41.